The molecule has 0 aliphatic rings. The average molecular weight is 395 g/mol. The third-order valence-corrected chi connectivity index (χ3v) is 3.73. The second-order valence-electron chi connectivity index (χ2n) is 5.16. The van der Waals surface area contributed by atoms with Crippen molar-refractivity contribution in [3.63, 3.8) is 0 Å². The molecule has 0 saturated carbocycles. The first-order valence-electron chi connectivity index (χ1n) is 7.46. The van der Waals surface area contributed by atoms with Crippen molar-refractivity contribution >= 4 is 27.7 Å². The van der Waals surface area contributed by atoms with E-state index in [2.05, 4.69) is 26.6 Å². The summed E-state index contributed by atoms with van der Waals surface area (Å²) in [4.78, 5) is 23.7. The van der Waals surface area contributed by atoms with Gasteiger partial charge in [-0.1, -0.05) is 15.9 Å². The van der Waals surface area contributed by atoms with Crippen LogP contribution in [0.5, 0.6) is 5.75 Å². The zero-order valence-electron chi connectivity index (χ0n) is 13.5. The van der Waals surface area contributed by atoms with Crippen molar-refractivity contribution in [3.05, 3.63) is 51.9 Å². The number of amides is 2. The van der Waals surface area contributed by atoms with Gasteiger partial charge in [-0.05, 0) is 44.2 Å². The number of ether oxygens (including phenoxy) is 1. The number of benzene rings is 1. The maximum Gasteiger partial charge on any atom is 0.255 e. The van der Waals surface area contributed by atoms with Crippen LogP contribution in [0.4, 0.5) is 0 Å². The van der Waals surface area contributed by atoms with Crippen LogP contribution < -0.4 is 15.4 Å². The molecular weight excluding hydrogens is 376 g/mol. The van der Waals surface area contributed by atoms with Crippen molar-refractivity contribution in [2.45, 2.75) is 13.8 Å². The van der Waals surface area contributed by atoms with Crippen molar-refractivity contribution in [3.8, 4) is 5.75 Å². The Hall–Kier alpha value is -2.28. The van der Waals surface area contributed by atoms with E-state index in [1.807, 2.05) is 24.3 Å². The van der Waals surface area contributed by atoms with Crippen LogP contribution >= 0.6 is 15.9 Å². The highest BCUT2D eigenvalue weighted by Crippen LogP contribution is 2.15. The standard InChI is InChI=1S/C17H19BrN2O4/c1-11-9-15(12(2)24-11)17(22)20-10-16(21)19-7-8-23-14-5-3-13(18)4-6-14/h3-6,9H,7-8,10H2,1-2H3,(H,19,21)(H,20,22). The molecule has 1 heterocycles. The third-order valence-electron chi connectivity index (χ3n) is 3.20. The molecule has 7 heteroatoms. The van der Waals surface area contributed by atoms with E-state index < -0.39 is 0 Å². The van der Waals surface area contributed by atoms with Crippen molar-refractivity contribution in [1.29, 1.82) is 0 Å². The molecule has 1 aromatic heterocycles. The molecule has 2 aromatic rings. The van der Waals surface area contributed by atoms with Gasteiger partial charge >= 0.3 is 0 Å². The first-order chi connectivity index (χ1) is 11.5. The van der Waals surface area contributed by atoms with Gasteiger partial charge in [0, 0.05) is 4.47 Å². The lowest BCUT2D eigenvalue weighted by atomic mass is 10.2. The average Bonchev–Trinajstić information content (AvgIpc) is 2.89. The maximum absolute atomic E-state index is 11.9. The number of nitrogens with one attached hydrogen (secondary N) is 2. The number of hydrogen-bond donors (Lipinski definition) is 2. The van der Waals surface area contributed by atoms with Crippen LogP contribution in [-0.4, -0.2) is 31.5 Å². The fourth-order valence-electron chi connectivity index (χ4n) is 2.06. The van der Waals surface area contributed by atoms with Gasteiger partial charge in [-0.15, -0.1) is 0 Å². The second kappa shape index (κ2) is 8.54. The van der Waals surface area contributed by atoms with Crippen LogP contribution in [0.25, 0.3) is 0 Å². The van der Waals surface area contributed by atoms with Gasteiger partial charge in [0.15, 0.2) is 0 Å². The highest BCUT2D eigenvalue weighted by atomic mass is 79.9. The highest BCUT2D eigenvalue weighted by Gasteiger charge is 2.14. The number of furan rings is 1. The molecule has 1 aromatic carbocycles. The SMILES string of the molecule is Cc1cc(C(=O)NCC(=O)NCCOc2ccc(Br)cc2)c(C)o1. The number of hydrogen-bond acceptors (Lipinski definition) is 4. The normalized spacial score (nSPS) is 10.3. The Morgan fingerprint density at radius 2 is 1.88 bits per heavy atom. The molecule has 2 rings (SSSR count). The van der Waals surface area contributed by atoms with Crippen molar-refractivity contribution < 1.29 is 18.7 Å². The minimum atomic E-state index is -0.328. The van der Waals surface area contributed by atoms with Crippen LogP contribution in [0.1, 0.15) is 21.9 Å². The van der Waals surface area contributed by atoms with Crippen LogP contribution in [-0.2, 0) is 4.79 Å². The molecule has 0 saturated heterocycles. The predicted molar refractivity (Wildman–Crippen MR) is 93.2 cm³/mol. The Morgan fingerprint density at radius 1 is 1.17 bits per heavy atom. The molecule has 24 heavy (non-hydrogen) atoms. The molecule has 0 aliphatic carbocycles. The molecule has 0 radical (unpaired) electrons. The van der Waals surface area contributed by atoms with Gasteiger partial charge in [-0.2, -0.15) is 0 Å². The van der Waals surface area contributed by atoms with Crippen LogP contribution in [0.15, 0.2) is 39.2 Å². The zero-order valence-corrected chi connectivity index (χ0v) is 15.1. The lowest BCUT2D eigenvalue weighted by molar-refractivity contribution is -0.120. The van der Waals surface area contributed by atoms with Crippen molar-refractivity contribution in [2.24, 2.45) is 0 Å². The minimum Gasteiger partial charge on any atom is -0.492 e. The van der Waals surface area contributed by atoms with E-state index >= 15 is 0 Å². The molecule has 2 amide bonds. The van der Waals surface area contributed by atoms with E-state index in [0.29, 0.717) is 30.2 Å². The van der Waals surface area contributed by atoms with E-state index in [1.165, 1.54) is 0 Å². The Morgan fingerprint density at radius 3 is 2.50 bits per heavy atom. The Balaban J connectivity index is 1.65. The van der Waals surface area contributed by atoms with E-state index in [4.69, 9.17) is 9.15 Å². The highest BCUT2D eigenvalue weighted by molar-refractivity contribution is 9.10. The van der Waals surface area contributed by atoms with Gasteiger partial charge in [0.1, 0.15) is 23.9 Å². The molecular formula is C17H19BrN2O4. The summed E-state index contributed by atoms with van der Waals surface area (Å²) in [7, 11) is 0. The zero-order chi connectivity index (χ0) is 17.5. The lowest BCUT2D eigenvalue weighted by Gasteiger charge is -2.08. The Kier molecular flexibility index (Phi) is 6.43. The summed E-state index contributed by atoms with van der Waals surface area (Å²) in [5.74, 6) is 1.32. The quantitative estimate of drug-likeness (QED) is 0.707. The molecule has 0 atom stereocenters. The van der Waals surface area contributed by atoms with E-state index in [9.17, 15) is 9.59 Å². The molecule has 0 aliphatic heterocycles. The van der Waals surface area contributed by atoms with Crippen LogP contribution in [0, 0.1) is 13.8 Å². The third kappa shape index (κ3) is 5.42. The van der Waals surface area contributed by atoms with E-state index in [0.717, 1.165) is 10.2 Å². The topological polar surface area (TPSA) is 80.6 Å². The Bertz CT molecular complexity index is 710. The van der Waals surface area contributed by atoms with E-state index in [1.54, 1.807) is 19.9 Å². The summed E-state index contributed by atoms with van der Waals surface area (Å²) < 4.78 is 11.8. The van der Waals surface area contributed by atoms with Crippen LogP contribution in [0.3, 0.4) is 0 Å². The van der Waals surface area contributed by atoms with Gasteiger partial charge in [-0.25, -0.2) is 0 Å². The molecule has 0 spiro atoms. The first kappa shape index (κ1) is 18.1. The fraction of sp³-hybridized carbons (Fsp3) is 0.294. The van der Waals surface area contributed by atoms with Gasteiger partial charge in [-0.3, -0.25) is 9.59 Å². The van der Waals surface area contributed by atoms with Crippen molar-refractivity contribution in [2.75, 3.05) is 19.7 Å². The number of rotatable bonds is 7. The van der Waals surface area contributed by atoms with E-state index in [-0.39, 0.29) is 18.4 Å². The largest absolute Gasteiger partial charge is 0.492 e. The smallest absolute Gasteiger partial charge is 0.255 e. The predicted octanol–water partition coefficient (Wildman–Crippen LogP) is 2.58. The summed E-state index contributed by atoms with van der Waals surface area (Å²) in [5, 5.41) is 5.24. The van der Waals surface area contributed by atoms with Crippen molar-refractivity contribution in [1.82, 2.24) is 10.6 Å². The monoisotopic (exact) mass is 394 g/mol. The molecule has 0 bridgehead atoms. The van der Waals surface area contributed by atoms with Gasteiger partial charge in [0.2, 0.25) is 5.91 Å². The van der Waals surface area contributed by atoms with Gasteiger partial charge in [0.05, 0.1) is 18.7 Å². The molecule has 128 valence electrons. The van der Waals surface area contributed by atoms with Gasteiger partial charge in [0.25, 0.3) is 5.91 Å². The number of carbonyl (C=O) groups excluding carboxylic acids is 2. The summed E-state index contributed by atoms with van der Waals surface area (Å²) in [5.41, 5.74) is 0.443. The van der Waals surface area contributed by atoms with Gasteiger partial charge < -0.3 is 19.8 Å². The lowest BCUT2D eigenvalue weighted by Crippen LogP contribution is -2.38. The Labute approximate surface area is 148 Å². The molecule has 0 fully saturated rings. The number of halogens is 1. The summed E-state index contributed by atoms with van der Waals surface area (Å²) in [6.45, 7) is 4.08. The number of carbonyl (C=O) groups is 2. The molecule has 6 nitrogen and oxygen atoms in total. The molecule has 0 unspecified atom stereocenters. The van der Waals surface area contributed by atoms with Crippen LogP contribution in [0.2, 0.25) is 0 Å². The summed E-state index contributed by atoms with van der Waals surface area (Å²) in [6, 6.07) is 9.07. The summed E-state index contributed by atoms with van der Waals surface area (Å²) in [6.07, 6.45) is 0. The fourth-order valence-corrected chi connectivity index (χ4v) is 2.33. The second-order valence-corrected chi connectivity index (χ2v) is 6.08. The molecule has 2 N–H and O–H groups in total. The minimum absolute atomic E-state index is 0.0964. The summed E-state index contributed by atoms with van der Waals surface area (Å²) >= 11 is 3.34. The first-order valence-corrected chi connectivity index (χ1v) is 8.25. The maximum atomic E-state index is 11.9. The number of aryl methyl sites for hydroxylation is 2.